The standard InChI is InChI=1S/C30H27NO/c1-3-10-27-22(7-1)19-23-8-2-4-11-28(23)30(27)21-25-20-24(26-9-5-6-12-29(25)26)13-14-31-15-17-32-18-16-31/h1-12,19-21H,13-18H2/b25-21+. The SMILES string of the molecule is C1=C(CCN2CCOCC2)c2ccccc2/C1=C/c1c2ccccc2cc2ccccc12. The number of rotatable bonds is 4. The van der Waals surface area contributed by atoms with Crippen LogP contribution in [0.2, 0.25) is 0 Å². The van der Waals surface area contributed by atoms with Crippen LogP contribution in [0.1, 0.15) is 23.1 Å². The van der Waals surface area contributed by atoms with E-state index in [-0.39, 0.29) is 0 Å². The van der Waals surface area contributed by atoms with Crippen LogP contribution in [-0.2, 0) is 4.74 Å². The molecule has 0 bridgehead atoms. The van der Waals surface area contributed by atoms with E-state index in [1.165, 1.54) is 49.4 Å². The molecular weight excluding hydrogens is 390 g/mol. The first-order chi connectivity index (χ1) is 15.9. The average Bonchev–Trinajstić information content (AvgIpc) is 3.21. The molecule has 0 radical (unpaired) electrons. The highest BCUT2D eigenvalue weighted by Gasteiger charge is 2.20. The van der Waals surface area contributed by atoms with Crippen LogP contribution in [0.15, 0.2) is 84.9 Å². The van der Waals surface area contributed by atoms with Crippen molar-refractivity contribution >= 4 is 38.8 Å². The van der Waals surface area contributed by atoms with Gasteiger partial charge in [-0.1, -0.05) is 78.9 Å². The summed E-state index contributed by atoms with van der Waals surface area (Å²) in [6.07, 6.45) is 5.90. The molecular formula is C30H27NO. The second-order valence-corrected chi connectivity index (χ2v) is 8.75. The third-order valence-electron chi connectivity index (χ3n) is 6.83. The largest absolute Gasteiger partial charge is 0.379 e. The number of nitrogens with zero attached hydrogens (tertiary/aromatic N) is 1. The summed E-state index contributed by atoms with van der Waals surface area (Å²) in [5.74, 6) is 0. The summed E-state index contributed by atoms with van der Waals surface area (Å²) in [5, 5.41) is 5.21. The van der Waals surface area contributed by atoms with E-state index in [9.17, 15) is 0 Å². The van der Waals surface area contributed by atoms with Crippen molar-refractivity contribution in [2.45, 2.75) is 6.42 Å². The topological polar surface area (TPSA) is 12.5 Å². The molecule has 0 atom stereocenters. The van der Waals surface area contributed by atoms with E-state index in [1.807, 2.05) is 0 Å². The maximum absolute atomic E-state index is 5.52. The summed E-state index contributed by atoms with van der Waals surface area (Å²) < 4.78 is 5.52. The molecule has 2 aliphatic rings. The molecule has 4 aromatic carbocycles. The van der Waals surface area contributed by atoms with E-state index in [4.69, 9.17) is 4.74 Å². The van der Waals surface area contributed by atoms with Crippen molar-refractivity contribution in [1.82, 2.24) is 4.90 Å². The van der Waals surface area contributed by atoms with Gasteiger partial charge in [0.1, 0.15) is 0 Å². The molecule has 32 heavy (non-hydrogen) atoms. The van der Waals surface area contributed by atoms with Crippen LogP contribution < -0.4 is 0 Å². The van der Waals surface area contributed by atoms with Gasteiger partial charge in [0.05, 0.1) is 13.2 Å². The van der Waals surface area contributed by atoms with E-state index >= 15 is 0 Å². The Morgan fingerprint density at radius 2 is 1.38 bits per heavy atom. The third-order valence-corrected chi connectivity index (χ3v) is 6.83. The highest BCUT2D eigenvalue weighted by molar-refractivity contribution is 6.12. The van der Waals surface area contributed by atoms with Crippen molar-refractivity contribution in [2.24, 2.45) is 0 Å². The first-order valence-electron chi connectivity index (χ1n) is 11.6. The maximum atomic E-state index is 5.52. The van der Waals surface area contributed by atoms with Gasteiger partial charge in [0.15, 0.2) is 0 Å². The minimum atomic E-state index is 0.856. The van der Waals surface area contributed by atoms with Crippen LogP contribution in [0.5, 0.6) is 0 Å². The van der Waals surface area contributed by atoms with Crippen LogP contribution in [0.3, 0.4) is 0 Å². The Bertz CT molecular complexity index is 1300. The highest BCUT2D eigenvalue weighted by atomic mass is 16.5. The average molecular weight is 418 g/mol. The van der Waals surface area contributed by atoms with E-state index in [0.29, 0.717) is 0 Å². The van der Waals surface area contributed by atoms with Gasteiger partial charge in [0.25, 0.3) is 0 Å². The van der Waals surface area contributed by atoms with Gasteiger partial charge in [-0.3, -0.25) is 4.90 Å². The minimum absolute atomic E-state index is 0.856. The Kier molecular flexibility index (Phi) is 5.10. The predicted octanol–water partition coefficient (Wildman–Crippen LogP) is 6.65. The molecule has 6 rings (SSSR count). The van der Waals surface area contributed by atoms with Gasteiger partial charge in [-0.25, -0.2) is 0 Å². The maximum Gasteiger partial charge on any atom is 0.0594 e. The highest BCUT2D eigenvalue weighted by Crippen LogP contribution is 2.40. The zero-order chi connectivity index (χ0) is 21.3. The fraction of sp³-hybridized carbons (Fsp3) is 0.200. The number of ether oxygens (including phenoxy) is 1. The molecule has 2 nitrogen and oxygen atoms in total. The number of benzene rings is 4. The molecule has 0 aromatic heterocycles. The first-order valence-corrected chi connectivity index (χ1v) is 11.6. The zero-order valence-corrected chi connectivity index (χ0v) is 18.3. The van der Waals surface area contributed by atoms with Crippen LogP contribution in [0.4, 0.5) is 0 Å². The van der Waals surface area contributed by atoms with Crippen LogP contribution in [0, 0.1) is 0 Å². The Morgan fingerprint density at radius 3 is 2.09 bits per heavy atom. The molecule has 2 heteroatoms. The number of fused-ring (bicyclic) bond motifs is 3. The second kappa shape index (κ2) is 8.38. The van der Waals surface area contributed by atoms with Gasteiger partial charge in [0.2, 0.25) is 0 Å². The molecule has 1 saturated heterocycles. The molecule has 1 aliphatic heterocycles. The fourth-order valence-electron chi connectivity index (χ4n) is 5.15. The van der Waals surface area contributed by atoms with Crippen molar-refractivity contribution in [3.8, 4) is 0 Å². The summed E-state index contributed by atoms with van der Waals surface area (Å²) in [7, 11) is 0. The van der Waals surface area contributed by atoms with E-state index in [0.717, 1.165) is 39.3 Å². The van der Waals surface area contributed by atoms with Gasteiger partial charge in [-0.05, 0) is 67.9 Å². The Hall–Kier alpha value is -3.20. The van der Waals surface area contributed by atoms with Crippen LogP contribution in [0.25, 0.3) is 38.8 Å². The Balaban J connectivity index is 1.45. The molecule has 0 amide bonds. The number of hydrogen-bond acceptors (Lipinski definition) is 2. The molecule has 1 heterocycles. The molecule has 1 fully saturated rings. The molecule has 4 aromatic rings. The Labute approximate surface area is 189 Å². The van der Waals surface area contributed by atoms with Gasteiger partial charge < -0.3 is 4.74 Å². The van der Waals surface area contributed by atoms with Crippen molar-refractivity contribution in [3.63, 3.8) is 0 Å². The normalized spacial score (nSPS) is 17.8. The Morgan fingerprint density at radius 1 is 0.750 bits per heavy atom. The first kappa shape index (κ1) is 19.5. The lowest BCUT2D eigenvalue weighted by molar-refractivity contribution is 0.0390. The van der Waals surface area contributed by atoms with Crippen LogP contribution in [-0.4, -0.2) is 37.7 Å². The van der Waals surface area contributed by atoms with Gasteiger partial charge in [0, 0.05) is 19.6 Å². The summed E-state index contributed by atoms with van der Waals surface area (Å²) in [5.41, 5.74) is 6.81. The lowest BCUT2D eigenvalue weighted by Crippen LogP contribution is -2.36. The van der Waals surface area contributed by atoms with Crippen molar-refractivity contribution in [3.05, 3.63) is 102 Å². The molecule has 0 saturated carbocycles. The molecule has 0 unspecified atom stereocenters. The smallest absolute Gasteiger partial charge is 0.0594 e. The second-order valence-electron chi connectivity index (χ2n) is 8.75. The number of allylic oxidation sites excluding steroid dienone is 2. The molecule has 0 spiro atoms. The van der Waals surface area contributed by atoms with Crippen molar-refractivity contribution < 1.29 is 4.74 Å². The van der Waals surface area contributed by atoms with Gasteiger partial charge in [-0.2, -0.15) is 0 Å². The van der Waals surface area contributed by atoms with Crippen LogP contribution >= 0.6 is 0 Å². The number of hydrogen-bond donors (Lipinski definition) is 0. The van der Waals surface area contributed by atoms with E-state index in [1.54, 1.807) is 0 Å². The predicted molar refractivity (Wildman–Crippen MR) is 136 cm³/mol. The van der Waals surface area contributed by atoms with E-state index in [2.05, 4.69) is 95.9 Å². The monoisotopic (exact) mass is 417 g/mol. The molecule has 0 N–H and O–H groups in total. The fourth-order valence-corrected chi connectivity index (χ4v) is 5.15. The minimum Gasteiger partial charge on any atom is -0.379 e. The third kappa shape index (κ3) is 3.56. The zero-order valence-electron chi connectivity index (χ0n) is 18.3. The lowest BCUT2D eigenvalue weighted by atomic mass is 9.94. The molecule has 158 valence electrons. The summed E-state index contributed by atoms with van der Waals surface area (Å²) in [6, 6.07) is 28.7. The van der Waals surface area contributed by atoms with Gasteiger partial charge in [-0.15, -0.1) is 0 Å². The summed E-state index contributed by atoms with van der Waals surface area (Å²) in [6.45, 7) is 4.89. The van der Waals surface area contributed by atoms with Crippen molar-refractivity contribution in [1.29, 1.82) is 0 Å². The number of morpholine rings is 1. The summed E-state index contributed by atoms with van der Waals surface area (Å²) >= 11 is 0. The van der Waals surface area contributed by atoms with E-state index < -0.39 is 0 Å². The molecule has 1 aliphatic carbocycles. The lowest BCUT2D eigenvalue weighted by Gasteiger charge is -2.26. The summed E-state index contributed by atoms with van der Waals surface area (Å²) in [4.78, 5) is 2.52. The van der Waals surface area contributed by atoms with Gasteiger partial charge >= 0.3 is 0 Å². The quantitative estimate of drug-likeness (QED) is 0.345. The van der Waals surface area contributed by atoms with Crippen molar-refractivity contribution in [2.75, 3.05) is 32.8 Å².